The minimum atomic E-state index is -4.59. The van der Waals surface area contributed by atoms with E-state index >= 15 is 0 Å². The van der Waals surface area contributed by atoms with Gasteiger partial charge in [0.25, 0.3) is 0 Å². The Hall–Kier alpha value is -1.59. The van der Waals surface area contributed by atoms with Crippen LogP contribution in [0.15, 0.2) is 24.3 Å². The molecular formula is C10H10F3NO2. The molecule has 1 aromatic rings. The van der Waals surface area contributed by atoms with E-state index in [2.05, 4.69) is 0 Å². The van der Waals surface area contributed by atoms with Crippen LogP contribution in [0.25, 0.3) is 0 Å². The number of benzene rings is 1. The van der Waals surface area contributed by atoms with Crippen molar-refractivity contribution in [2.24, 2.45) is 0 Å². The van der Waals surface area contributed by atoms with Gasteiger partial charge in [-0.1, -0.05) is 29.8 Å². The number of hydrogen-bond donors (Lipinski definition) is 0. The summed E-state index contributed by atoms with van der Waals surface area (Å²) in [6.07, 6.45) is -4.59. The van der Waals surface area contributed by atoms with Crippen LogP contribution in [0, 0.1) is 17.0 Å². The van der Waals surface area contributed by atoms with Gasteiger partial charge in [-0.2, -0.15) is 13.2 Å². The highest BCUT2D eigenvalue weighted by Crippen LogP contribution is 2.34. The third kappa shape index (κ3) is 3.22. The van der Waals surface area contributed by atoms with Crippen LogP contribution in [0.4, 0.5) is 13.2 Å². The first-order valence-corrected chi connectivity index (χ1v) is 4.56. The molecule has 0 radical (unpaired) electrons. The smallest absolute Gasteiger partial charge is 0.265 e. The lowest BCUT2D eigenvalue weighted by Gasteiger charge is -2.16. The monoisotopic (exact) mass is 233 g/mol. The van der Waals surface area contributed by atoms with Gasteiger partial charge >= 0.3 is 6.18 Å². The summed E-state index contributed by atoms with van der Waals surface area (Å²) in [5.74, 6) is -2.04. The maximum absolute atomic E-state index is 12.6. The highest BCUT2D eigenvalue weighted by Gasteiger charge is 2.44. The Kier molecular flexibility index (Phi) is 3.51. The highest BCUT2D eigenvalue weighted by molar-refractivity contribution is 5.25. The van der Waals surface area contributed by atoms with Crippen molar-refractivity contribution >= 4 is 0 Å². The normalized spacial score (nSPS) is 13.5. The summed E-state index contributed by atoms with van der Waals surface area (Å²) in [7, 11) is 0. The second-order valence-corrected chi connectivity index (χ2v) is 3.52. The van der Waals surface area contributed by atoms with E-state index in [-0.39, 0.29) is 5.56 Å². The van der Waals surface area contributed by atoms with Crippen molar-refractivity contribution in [3.8, 4) is 0 Å². The van der Waals surface area contributed by atoms with Crippen molar-refractivity contribution in [2.75, 3.05) is 6.54 Å². The molecule has 0 aliphatic rings. The first kappa shape index (κ1) is 12.5. The second kappa shape index (κ2) is 4.51. The Morgan fingerprint density at radius 3 is 2.19 bits per heavy atom. The lowest BCUT2D eigenvalue weighted by Crippen LogP contribution is -2.27. The Morgan fingerprint density at radius 2 is 1.81 bits per heavy atom. The molecule has 0 fully saturated rings. The van der Waals surface area contributed by atoms with Crippen molar-refractivity contribution in [1.29, 1.82) is 0 Å². The van der Waals surface area contributed by atoms with Crippen LogP contribution in [-0.4, -0.2) is 17.6 Å². The average Bonchev–Trinajstić information content (AvgIpc) is 2.14. The molecule has 0 spiro atoms. The molecule has 1 rings (SSSR count). The number of halogens is 3. The number of nitro groups is 1. The van der Waals surface area contributed by atoms with E-state index in [1.807, 2.05) is 0 Å². The number of nitrogens with zero attached hydrogens (tertiary/aromatic N) is 1. The summed E-state index contributed by atoms with van der Waals surface area (Å²) in [5, 5.41) is 10.2. The van der Waals surface area contributed by atoms with Crippen LogP contribution in [0.5, 0.6) is 0 Å². The molecule has 0 amide bonds. The van der Waals surface area contributed by atoms with Crippen LogP contribution in [0.2, 0.25) is 0 Å². The van der Waals surface area contributed by atoms with Gasteiger partial charge in [0.1, 0.15) is 5.92 Å². The van der Waals surface area contributed by atoms with Crippen LogP contribution >= 0.6 is 0 Å². The molecule has 0 saturated heterocycles. The summed E-state index contributed by atoms with van der Waals surface area (Å²) in [6.45, 7) is 0.604. The van der Waals surface area contributed by atoms with Gasteiger partial charge in [0.05, 0.1) is 0 Å². The van der Waals surface area contributed by atoms with Gasteiger partial charge in [-0.3, -0.25) is 10.1 Å². The van der Waals surface area contributed by atoms with Crippen molar-refractivity contribution < 1.29 is 18.1 Å². The third-order valence-electron chi connectivity index (χ3n) is 2.21. The predicted octanol–water partition coefficient (Wildman–Crippen LogP) is 2.92. The van der Waals surface area contributed by atoms with Crippen LogP contribution in [0.3, 0.4) is 0 Å². The van der Waals surface area contributed by atoms with Gasteiger partial charge < -0.3 is 0 Å². The van der Waals surface area contributed by atoms with Crippen molar-refractivity contribution in [3.05, 3.63) is 45.5 Å². The standard InChI is InChI=1S/C10H10F3NO2/c1-7-2-4-8(5-3-7)9(6-14(15)16)10(11,12)13/h2-5,9H,6H2,1H3/t9-/m0/s1. The number of rotatable bonds is 3. The van der Waals surface area contributed by atoms with Crippen LogP contribution in [0.1, 0.15) is 17.0 Å². The van der Waals surface area contributed by atoms with E-state index in [9.17, 15) is 23.3 Å². The molecule has 0 saturated carbocycles. The second-order valence-electron chi connectivity index (χ2n) is 3.52. The molecule has 3 nitrogen and oxygen atoms in total. The van der Waals surface area contributed by atoms with Crippen LogP contribution < -0.4 is 0 Å². The molecule has 0 bridgehead atoms. The molecule has 0 aliphatic carbocycles. The van der Waals surface area contributed by atoms with E-state index in [4.69, 9.17) is 0 Å². The van der Waals surface area contributed by atoms with Crippen molar-refractivity contribution in [2.45, 2.75) is 19.0 Å². The molecule has 88 valence electrons. The number of hydrogen-bond acceptors (Lipinski definition) is 2. The fourth-order valence-corrected chi connectivity index (χ4v) is 1.35. The van der Waals surface area contributed by atoms with E-state index < -0.39 is 23.6 Å². The predicted molar refractivity (Wildman–Crippen MR) is 51.8 cm³/mol. The minimum absolute atomic E-state index is 0.0743. The summed E-state index contributed by atoms with van der Waals surface area (Å²) in [5.41, 5.74) is 0.737. The van der Waals surface area contributed by atoms with E-state index in [0.29, 0.717) is 0 Å². The molecule has 0 aromatic heterocycles. The minimum Gasteiger partial charge on any atom is -0.265 e. The molecular weight excluding hydrogens is 223 g/mol. The van der Waals surface area contributed by atoms with Crippen molar-refractivity contribution in [3.63, 3.8) is 0 Å². The summed E-state index contributed by atoms with van der Waals surface area (Å²) in [6, 6.07) is 5.57. The number of alkyl halides is 3. The van der Waals surface area contributed by atoms with Gasteiger partial charge in [-0.25, -0.2) is 0 Å². The zero-order valence-electron chi connectivity index (χ0n) is 8.49. The fourth-order valence-electron chi connectivity index (χ4n) is 1.35. The van der Waals surface area contributed by atoms with E-state index in [0.717, 1.165) is 5.56 Å². The van der Waals surface area contributed by atoms with Gasteiger partial charge in [0, 0.05) is 4.92 Å². The summed E-state index contributed by atoms with van der Waals surface area (Å²) < 4.78 is 37.7. The third-order valence-corrected chi connectivity index (χ3v) is 2.21. The summed E-state index contributed by atoms with van der Waals surface area (Å²) in [4.78, 5) is 9.26. The molecule has 0 N–H and O–H groups in total. The van der Waals surface area contributed by atoms with E-state index in [1.54, 1.807) is 6.92 Å². The quantitative estimate of drug-likeness (QED) is 0.595. The zero-order valence-corrected chi connectivity index (χ0v) is 8.49. The highest BCUT2D eigenvalue weighted by atomic mass is 19.4. The van der Waals surface area contributed by atoms with Crippen molar-refractivity contribution in [1.82, 2.24) is 0 Å². The Morgan fingerprint density at radius 1 is 1.31 bits per heavy atom. The van der Waals surface area contributed by atoms with Gasteiger partial charge in [-0.15, -0.1) is 0 Å². The molecule has 0 heterocycles. The molecule has 0 unspecified atom stereocenters. The fraction of sp³-hybridized carbons (Fsp3) is 0.400. The first-order valence-electron chi connectivity index (χ1n) is 4.56. The lowest BCUT2D eigenvalue weighted by molar-refractivity contribution is -0.490. The lowest BCUT2D eigenvalue weighted by atomic mass is 9.98. The zero-order chi connectivity index (χ0) is 12.3. The van der Waals surface area contributed by atoms with E-state index in [1.165, 1.54) is 24.3 Å². The molecule has 1 aromatic carbocycles. The summed E-state index contributed by atoms with van der Waals surface area (Å²) >= 11 is 0. The Bertz CT molecular complexity index is 373. The molecule has 1 atom stereocenters. The molecule has 6 heteroatoms. The average molecular weight is 233 g/mol. The van der Waals surface area contributed by atoms with Gasteiger partial charge in [0.2, 0.25) is 6.54 Å². The largest absolute Gasteiger partial charge is 0.402 e. The van der Waals surface area contributed by atoms with Gasteiger partial charge in [0.15, 0.2) is 0 Å². The SMILES string of the molecule is Cc1ccc([C@H](C[N+](=O)[O-])C(F)(F)F)cc1. The van der Waals surface area contributed by atoms with Crippen LogP contribution in [-0.2, 0) is 0 Å². The number of aryl methyl sites for hydroxylation is 1. The maximum atomic E-state index is 12.6. The topological polar surface area (TPSA) is 43.1 Å². The Labute approximate surface area is 90.0 Å². The molecule has 16 heavy (non-hydrogen) atoms. The first-order chi connectivity index (χ1) is 7.30. The van der Waals surface area contributed by atoms with Gasteiger partial charge in [-0.05, 0) is 12.5 Å². The molecule has 0 aliphatic heterocycles. The Balaban J connectivity index is 3.01. The maximum Gasteiger partial charge on any atom is 0.402 e.